The molecule has 1 fully saturated rings. The summed E-state index contributed by atoms with van der Waals surface area (Å²) in [6.45, 7) is 14.0. The van der Waals surface area contributed by atoms with E-state index in [0.717, 1.165) is 20.5 Å². The van der Waals surface area contributed by atoms with E-state index in [1.807, 2.05) is 67.6 Å². The third-order valence-corrected chi connectivity index (χ3v) is 17.4. The largest absolute Gasteiger partial charge is 0.508 e. The molecule has 6 aromatic rings. The van der Waals surface area contributed by atoms with Crippen molar-refractivity contribution < 1.29 is 23.1 Å². The molecule has 1 aliphatic heterocycles. The molecule has 7 rings (SSSR count). The molecule has 304 valence electrons. The van der Waals surface area contributed by atoms with Crippen LogP contribution in [-0.2, 0) is 37.2 Å². The van der Waals surface area contributed by atoms with Gasteiger partial charge in [0.2, 0.25) is 0 Å². The minimum Gasteiger partial charge on any atom is -0.508 e. The molecule has 58 heavy (non-hydrogen) atoms. The molecule has 1 unspecified atom stereocenters. The predicted octanol–water partition coefficient (Wildman–Crippen LogP) is 6.59. The van der Waals surface area contributed by atoms with Crippen molar-refractivity contribution in [3.63, 3.8) is 0 Å². The van der Waals surface area contributed by atoms with E-state index in [-0.39, 0.29) is 18.0 Å². The summed E-state index contributed by atoms with van der Waals surface area (Å²) < 4.78 is 36.9. The van der Waals surface area contributed by atoms with Crippen molar-refractivity contribution in [1.82, 2.24) is 24.1 Å². The van der Waals surface area contributed by atoms with Crippen LogP contribution in [0.1, 0.15) is 77.2 Å². The highest BCUT2D eigenvalue weighted by Gasteiger charge is 2.55. The second-order valence-corrected chi connectivity index (χ2v) is 21.5. The molecule has 0 N–H and O–H groups in total. The fraction of sp³-hybridized carbons (Fsp3) is 0.386. The Morgan fingerprint density at radius 1 is 0.948 bits per heavy atom. The highest BCUT2D eigenvalue weighted by atomic mass is 32.1. The smallest absolute Gasteiger partial charge is 0.333 e. The van der Waals surface area contributed by atoms with Crippen molar-refractivity contribution in [3.05, 3.63) is 135 Å². The van der Waals surface area contributed by atoms with Crippen LogP contribution in [0.5, 0.6) is 0 Å². The van der Waals surface area contributed by atoms with Gasteiger partial charge in [0.25, 0.3) is 5.56 Å². The Labute approximate surface area is 342 Å². The van der Waals surface area contributed by atoms with E-state index >= 15 is 14.0 Å². The number of hydrogen-bond donors (Lipinski definition) is 0. The zero-order valence-corrected chi connectivity index (χ0v) is 35.8. The molecule has 0 aliphatic carbocycles. The Balaban J connectivity index is 1.44. The number of thiophene rings is 1. The Morgan fingerprint density at radius 3 is 2.12 bits per heavy atom. The van der Waals surface area contributed by atoms with Crippen molar-refractivity contribution in [3.8, 4) is 5.00 Å². The third kappa shape index (κ3) is 7.42. The SMILES string of the molecule is CCc1ccc(F)cc1C(Cn1c(=O)n(C(C)(C)C(=O)O[Si](c2ccccc2)(c2ccccc2)C(C)(C)C)c(=O)c2c(C)c(-n3nccn3)sc21)OC1CCOCC1. The van der Waals surface area contributed by atoms with Crippen LogP contribution in [0, 0.1) is 12.7 Å². The number of fused-ring (bicyclic) bond motifs is 1. The van der Waals surface area contributed by atoms with Crippen molar-refractivity contribution in [1.29, 1.82) is 0 Å². The molecule has 0 radical (unpaired) electrons. The van der Waals surface area contributed by atoms with Crippen LogP contribution in [0.2, 0.25) is 5.04 Å². The maximum absolute atomic E-state index is 15.3. The van der Waals surface area contributed by atoms with E-state index in [1.165, 1.54) is 45.2 Å². The van der Waals surface area contributed by atoms with Gasteiger partial charge in [-0.15, -0.1) is 4.80 Å². The van der Waals surface area contributed by atoms with Crippen molar-refractivity contribution >= 4 is 46.2 Å². The van der Waals surface area contributed by atoms with Crippen molar-refractivity contribution in [2.45, 2.75) is 97.1 Å². The zero-order valence-electron chi connectivity index (χ0n) is 34.0. The Hall–Kier alpha value is -5.02. The van der Waals surface area contributed by atoms with Crippen LogP contribution in [0.3, 0.4) is 0 Å². The summed E-state index contributed by atoms with van der Waals surface area (Å²) in [5.74, 6) is -1.15. The summed E-state index contributed by atoms with van der Waals surface area (Å²) >= 11 is 1.20. The van der Waals surface area contributed by atoms with Gasteiger partial charge in [-0.1, -0.05) is 106 Å². The van der Waals surface area contributed by atoms with E-state index < -0.39 is 48.0 Å². The Bertz CT molecular complexity index is 2480. The molecule has 3 aromatic heterocycles. The molecule has 1 atom stereocenters. The maximum atomic E-state index is 15.3. The minimum atomic E-state index is -3.47. The summed E-state index contributed by atoms with van der Waals surface area (Å²) in [5.41, 5.74) is -1.15. The summed E-state index contributed by atoms with van der Waals surface area (Å²) in [4.78, 5) is 47.2. The molecule has 0 amide bonds. The fourth-order valence-corrected chi connectivity index (χ4v) is 13.8. The Kier molecular flexibility index (Phi) is 11.6. The first-order valence-corrected chi connectivity index (χ1v) is 22.4. The Morgan fingerprint density at radius 2 is 1.55 bits per heavy atom. The maximum Gasteiger partial charge on any atom is 0.333 e. The van der Waals surface area contributed by atoms with E-state index in [2.05, 4.69) is 31.0 Å². The van der Waals surface area contributed by atoms with Gasteiger partial charge in [-0.25, -0.2) is 13.8 Å². The van der Waals surface area contributed by atoms with Gasteiger partial charge in [-0.2, -0.15) is 10.2 Å². The van der Waals surface area contributed by atoms with Crippen LogP contribution < -0.4 is 21.6 Å². The number of rotatable bonds is 12. The van der Waals surface area contributed by atoms with Gasteiger partial charge in [0.1, 0.15) is 27.3 Å². The normalized spacial score (nSPS) is 14.8. The number of aromatic nitrogens is 5. The summed E-state index contributed by atoms with van der Waals surface area (Å²) in [6, 6.07) is 24.1. The van der Waals surface area contributed by atoms with Crippen LogP contribution in [0.25, 0.3) is 15.2 Å². The lowest BCUT2D eigenvalue weighted by Gasteiger charge is -2.43. The molecule has 3 aromatic carbocycles. The average Bonchev–Trinajstić information content (AvgIpc) is 3.87. The van der Waals surface area contributed by atoms with E-state index in [4.69, 9.17) is 13.9 Å². The van der Waals surface area contributed by atoms with Gasteiger partial charge in [0.15, 0.2) is 0 Å². The number of carbonyl (C=O) groups excluding carboxylic acids is 1. The number of hydrogen-bond acceptors (Lipinski definition) is 9. The van der Waals surface area contributed by atoms with Crippen LogP contribution in [0.4, 0.5) is 4.39 Å². The summed E-state index contributed by atoms with van der Waals surface area (Å²) in [7, 11) is -3.47. The molecule has 11 nitrogen and oxygen atoms in total. The molecular weight excluding hydrogens is 774 g/mol. The molecule has 0 saturated carbocycles. The molecule has 1 aliphatic rings. The first kappa shape index (κ1) is 41.1. The standard InChI is InChI=1S/C44H50FN5O6SSi/c1-8-30-19-20-31(45)27-35(30)36(55-32-21-25-54-26-22-32)28-48-40-37(29(2)39(57-40)50-46-23-24-47-50)38(51)49(42(48)53)44(6,7)41(52)56-58(43(3,4)5,33-15-11-9-12-16-33)34-17-13-10-14-18-34/h9-20,23-24,27,32,36H,8,21-22,25-26,28H2,1-7H3. The number of halogens is 1. The van der Waals surface area contributed by atoms with E-state index in [1.54, 1.807) is 26.8 Å². The van der Waals surface area contributed by atoms with Gasteiger partial charge in [0, 0.05) is 18.8 Å². The molecule has 0 spiro atoms. The second kappa shape index (κ2) is 16.3. The van der Waals surface area contributed by atoms with Crippen LogP contribution >= 0.6 is 11.3 Å². The van der Waals surface area contributed by atoms with E-state index in [9.17, 15) is 4.79 Å². The number of ether oxygens (including phenoxy) is 2. The van der Waals surface area contributed by atoms with Gasteiger partial charge in [0.05, 0.1) is 30.4 Å². The highest BCUT2D eigenvalue weighted by molar-refractivity contribution is 7.21. The molecule has 14 heteroatoms. The molecule has 1 saturated heterocycles. The van der Waals surface area contributed by atoms with Crippen molar-refractivity contribution in [2.75, 3.05) is 13.2 Å². The first-order valence-electron chi connectivity index (χ1n) is 19.7. The van der Waals surface area contributed by atoms with Crippen molar-refractivity contribution in [2.24, 2.45) is 0 Å². The summed E-state index contributed by atoms with van der Waals surface area (Å²) in [6.07, 6.45) is 3.93. The average molecular weight is 824 g/mol. The van der Waals surface area contributed by atoms with Gasteiger partial charge < -0.3 is 13.9 Å². The monoisotopic (exact) mass is 823 g/mol. The minimum absolute atomic E-state index is 0.0742. The number of aryl methyl sites for hydroxylation is 2. The second-order valence-electron chi connectivity index (χ2n) is 16.3. The molecular formula is C44H50FN5O6SSi. The molecule has 4 heterocycles. The van der Waals surface area contributed by atoms with Crippen LogP contribution in [-0.4, -0.2) is 57.7 Å². The number of benzene rings is 3. The quantitative estimate of drug-likeness (QED) is 0.127. The van der Waals surface area contributed by atoms with Gasteiger partial charge >= 0.3 is 20.0 Å². The lowest BCUT2D eigenvalue weighted by Crippen LogP contribution is -2.69. The van der Waals surface area contributed by atoms with Gasteiger partial charge in [-0.3, -0.25) is 14.2 Å². The van der Waals surface area contributed by atoms with Gasteiger partial charge in [-0.05, 0) is 78.7 Å². The number of nitrogens with zero attached hydrogens (tertiary/aromatic N) is 5. The molecule has 0 bridgehead atoms. The lowest BCUT2D eigenvalue weighted by molar-refractivity contribution is -0.144. The highest BCUT2D eigenvalue weighted by Crippen LogP contribution is 2.39. The third-order valence-electron chi connectivity index (χ3n) is 11.2. The van der Waals surface area contributed by atoms with Crippen LogP contribution in [0.15, 0.2) is 101 Å². The topological polar surface area (TPSA) is 119 Å². The first-order chi connectivity index (χ1) is 27.7. The zero-order chi connectivity index (χ0) is 41.4. The number of carbonyl (C=O) groups is 1. The fourth-order valence-electron chi connectivity index (χ4n) is 8.12. The van der Waals surface area contributed by atoms with E-state index in [0.29, 0.717) is 53.4 Å². The predicted molar refractivity (Wildman–Crippen MR) is 226 cm³/mol. The summed E-state index contributed by atoms with van der Waals surface area (Å²) in [5, 5.41) is 10.6. The lowest BCUT2D eigenvalue weighted by atomic mass is 9.99.